The van der Waals surface area contributed by atoms with Crippen LogP contribution >= 0.6 is 0 Å². The van der Waals surface area contributed by atoms with Gasteiger partial charge in [0.25, 0.3) is 5.91 Å². The fourth-order valence-electron chi connectivity index (χ4n) is 2.99. The molecule has 0 atom stereocenters. The maximum atomic E-state index is 12.5. The van der Waals surface area contributed by atoms with E-state index in [2.05, 4.69) is 10.5 Å². The molecule has 0 aromatic heterocycles. The molecule has 0 aliphatic carbocycles. The van der Waals surface area contributed by atoms with E-state index in [-0.39, 0.29) is 12.5 Å². The predicted molar refractivity (Wildman–Crippen MR) is 125 cm³/mol. The van der Waals surface area contributed by atoms with Crippen molar-refractivity contribution in [1.82, 2.24) is 5.43 Å². The molecule has 6 nitrogen and oxygen atoms in total. The van der Waals surface area contributed by atoms with Gasteiger partial charge in [0.1, 0.15) is 0 Å². The second kappa shape index (κ2) is 9.57. The van der Waals surface area contributed by atoms with E-state index in [1.54, 1.807) is 24.3 Å². The SMILES string of the molecule is CC(=NNC(=O)c1ccc(N(Cc2ccccc2)S(C)(=O)=O)cc1)c1ccc(C)cc1. The number of hydrogen-bond acceptors (Lipinski definition) is 4. The minimum absolute atomic E-state index is 0.214. The molecule has 1 amide bonds. The van der Waals surface area contributed by atoms with E-state index in [1.807, 2.05) is 68.4 Å². The van der Waals surface area contributed by atoms with Crippen molar-refractivity contribution in [3.63, 3.8) is 0 Å². The molecule has 0 radical (unpaired) electrons. The number of aryl methyl sites for hydroxylation is 1. The van der Waals surface area contributed by atoms with Crippen LogP contribution in [0.25, 0.3) is 0 Å². The van der Waals surface area contributed by atoms with E-state index in [0.717, 1.165) is 16.7 Å². The molecule has 160 valence electrons. The third kappa shape index (κ3) is 6.02. The summed E-state index contributed by atoms with van der Waals surface area (Å²) in [5.41, 5.74) is 7.06. The number of hydrogen-bond donors (Lipinski definition) is 1. The Morgan fingerprint density at radius 2 is 1.48 bits per heavy atom. The molecular formula is C24H25N3O3S. The van der Waals surface area contributed by atoms with Crippen LogP contribution in [0.2, 0.25) is 0 Å². The minimum atomic E-state index is -3.49. The molecule has 7 heteroatoms. The lowest BCUT2D eigenvalue weighted by Gasteiger charge is -2.22. The summed E-state index contributed by atoms with van der Waals surface area (Å²) in [6, 6.07) is 23.6. The van der Waals surface area contributed by atoms with Gasteiger partial charge in [-0.3, -0.25) is 9.10 Å². The van der Waals surface area contributed by atoms with Gasteiger partial charge in [0.2, 0.25) is 10.0 Å². The van der Waals surface area contributed by atoms with Crippen LogP contribution in [0.15, 0.2) is 84.0 Å². The Bertz CT molecular complexity index is 1170. The summed E-state index contributed by atoms with van der Waals surface area (Å²) < 4.78 is 25.9. The Labute approximate surface area is 183 Å². The third-order valence-electron chi connectivity index (χ3n) is 4.78. The summed E-state index contributed by atoms with van der Waals surface area (Å²) in [5.74, 6) is -0.369. The second-order valence-electron chi connectivity index (χ2n) is 7.31. The van der Waals surface area contributed by atoms with Gasteiger partial charge in [0.15, 0.2) is 0 Å². The average Bonchev–Trinajstić information content (AvgIpc) is 2.76. The summed E-state index contributed by atoms with van der Waals surface area (Å²) in [4.78, 5) is 12.5. The third-order valence-corrected chi connectivity index (χ3v) is 5.92. The predicted octanol–water partition coefficient (Wildman–Crippen LogP) is 4.12. The fourth-order valence-corrected chi connectivity index (χ4v) is 3.88. The van der Waals surface area contributed by atoms with Crippen molar-refractivity contribution in [1.29, 1.82) is 0 Å². The average molecular weight is 436 g/mol. The standard InChI is InChI=1S/C24H25N3O3S/c1-18-9-11-21(12-10-18)19(2)25-26-24(28)22-13-15-23(16-14-22)27(31(3,29)30)17-20-7-5-4-6-8-20/h4-16H,17H2,1-3H3,(H,26,28). The topological polar surface area (TPSA) is 78.8 Å². The lowest BCUT2D eigenvalue weighted by molar-refractivity contribution is 0.0955. The van der Waals surface area contributed by atoms with E-state index < -0.39 is 10.0 Å². The first-order chi connectivity index (χ1) is 14.7. The minimum Gasteiger partial charge on any atom is -0.267 e. The van der Waals surface area contributed by atoms with Gasteiger partial charge in [-0.25, -0.2) is 13.8 Å². The molecule has 0 aliphatic heterocycles. The maximum absolute atomic E-state index is 12.5. The zero-order valence-corrected chi connectivity index (χ0v) is 18.6. The van der Waals surface area contributed by atoms with Crippen LogP contribution in [-0.2, 0) is 16.6 Å². The number of rotatable bonds is 7. The summed E-state index contributed by atoms with van der Waals surface area (Å²) in [6.07, 6.45) is 1.17. The highest BCUT2D eigenvalue weighted by Crippen LogP contribution is 2.21. The molecule has 1 N–H and O–H groups in total. The highest BCUT2D eigenvalue weighted by molar-refractivity contribution is 7.92. The van der Waals surface area contributed by atoms with Gasteiger partial charge in [-0.1, -0.05) is 60.2 Å². The summed E-state index contributed by atoms with van der Waals surface area (Å²) >= 11 is 0. The summed E-state index contributed by atoms with van der Waals surface area (Å²) in [7, 11) is -3.49. The molecule has 0 saturated carbocycles. The molecule has 0 aliphatic rings. The number of nitrogens with one attached hydrogen (secondary N) is 1. The van der Waals surface area contributed by atoms with E-state index in [1.165, 1.54) is 10.6 Å². The quantitative estimate of drug-likeness (QED) is 0.448. The van der Waals surface area contributed by atoms with Crippen molar-refractivity contribution in [2.24, 2.45) is 5.10 Å². The van der Waals surface area contributed by atoms with E-state index in [0.29, 0.717) is 17.0 Å². The zero-order chi connectivity index (χ0) is 22.4. The molecule has 0 unspecified atom stereocenters. The Balaban J connectivity index is 1.73. The molecule has 0 spiro atoms. The highest BCUT2D eigenvalue weighted by Gasteiger charge is 2.18. The van der Waals surface area contributed by atoms with Crippen molar-refractivity contribution in [3.05, 3.63) is 101 Å². The monoisotopic (exact) mass is 435 g/mol. The number of carbonyl (C=O) groups excluding carboxylic acids is 1. The van der Waals surface area contributed by atoms with Gasteiger partial charge in [-0.05, 0) is 49.2 Å². The van der Waals surface area contributed by atoms with E-state index in [9.17, 15) is 13.2 Å². The van der Waals surface area contributed by atoms with Crippen LogP contribution in [0.4, 0.5) is 5.69 Å². The number of amides is 1. The molecule has 3 rings (SSSR count). The largest absolute Gasteiger partial charge is 0.271 e. The van der Waals surface area contributed by atoms with Crippen molar-refractivity contribution in [3.8, 4) is 0 Å². The van der Waals surface area contributed by atoms with E-state index >= 15 is 0 Å². The first kappa shape index (κ1) is 22.2. The smallest absolute Gasteiger partial charge is 0.267 e. The van der Waals surface area contributed by atoms with Crippen molar-refractivity contribution < 1.29 is 13.2 Å². The van der Waals surface area contributed by atoms with Crippen LogP contribution in [0.3, 0.4) is 0 Å². The second-order valence-corrected chi connectivity index (χ2v) is 9.21. The number of nitrogens with zero attached hydrogens (tertiary/aromatic N) is 2. The van der Waals surface area contributed by atoms with Crippen LogP contribution in [0.5, 0.6) is 0 Å². The van der Waals surface area contributed by atoms with Crippen molar-refractivity contribution >= 4 is 27.3 Å². The van der Waals surface area contributed by atoms with Crippen LogP contribution < -0.4 is 9.73 Å². The first-order valence-electron chi connectivity index (χ1n) is 9.77. The van der Waals surface area contributed by atoms with Gasteiger partial charge in [0.05, 0.1) is 24.2 Å². The van der Waals surface area contributed by atoms with Gasteiger partial charge in [0, 0.05) is 5.56 Å². The number of sulfonamides is 1. The molecule has 3 aromatic carbocycles. The zero-order valence-electron chi connectivity index (χ0n) is 17.7. The lowest BCUT2D eigenvalue weighted by Crippen LogP contribution is -2.29. The van der Waals surface area contributed by atoms with Gasteiger partial charge >= 0.3 is 0 Å². The molecule has 0 fully saturated rings. The number of anilines is 1. The van der Waals surface area contributed by atoms with Crippen molar-refractivity contribution in [2.75, 3.05) is 10.6 Å². The Morgan fingerprint density at radius 1 is 0.903 bits per heavy atom. The molecule has 3 aromatic rings. The number of hydrazone groups is 1. The Kier molecular flexibility index (Phi) is 6.87. The van der Waals surface area contributed by atoms with Crippen LogP contribution in [-0.4, -0.2) is 26.3 Å². The maximum Gasteiger partial charge on any atom is 0.271 e. The van der Waals surface area contributed by atoms with Crippen molar-refractivity contribution in [2.45, 2.75) is 20.4 Å². The molecule has 0 bridgehead atoms. The first-order valence-corrected chi connectivity index (χ1v) is 11.6. The van der Waals surface area contributed by atoms with Crippen LogP contribution in [0, 0.1) is 6.92 Å². The number of benzene rings is 3. The lowest BCUT2D eigenvalue weighted by atomic mass is 10.1. The normalized spacial score (nSPS) is 11.8. The van der Waals surface area contributed by atoms with Gasteiger partial charge in [-0.2, -0.15) is 5.10 Å². The fraction of sp³-hybridized carbons (Fsp3) is 0.167. The Hall–Kier alpha value is -3.45. The summed E-state index contributed by atoms with van der Waals surface area (Å²) in [6.45, 7) is 4.04. The molecule has 31 heavy (non-hydrogen) atoms. The highest BCUT2D eigenvalue weighted by atomic mass is 32.2. The van der Waals surface area contributed by atoms with E-state index in [4.69, 9.17) is 0 Å². The summed E-state index contributed by atoms with van der Waals surface area (Å²) in [5, 5.41) is 4.16. The Morgan fingerprint density at radius 3 is 2.06 bits per heavy atom. The van der Waals surface area contributed by atoms with Gasteiger partial charge in [-0.15, -0.1) is 0 Å². The number of carbonyl (C=O) groups is 1. The molecular weight excluding hydrogens is 410 g/mol. The van der Waals surface area contributed by atoms with Gasteiger partial charge < -0.3 is 0 Å². The van der Waals surface area contributed by atoms with Crippen LogP contribution in [0.1, 0.15) is 34.0 Å². The molecule has 0 saturated heterocycles. The molecule has 0 heterocycles.